The summed E-state index contributed by atoms with van der Waals surface area (Å²) in [5.41, 5.74) is 0.382. The fraction of sp³-hybridized carbons (Fsp3) is 0.250. The molecular weight excluding hydrogens is 289 g/mol. The number of rotatable bonds is 1. The van der Waals surface area contributed by atoms with E-state index in [1.807, 2.05) is 0 Å². The third-order valence-corrected chi connectivity index (χ3v) is 2.90. The molecular formula is C8H5F2IN2. The Morgan fingerprint density at radius 3 is 2.69 bits per heavy atom. The van der Waals surface area contributed by atoms with Crippen LogP contribution in [0.3, 0.4) is 0 Å². The zero-order valence-corrected chi connectivity index (χ0v) is 8.84. The quantitative estimate of drug-likeness (QED) is 0.747. The molecule has 68 valence electrons. The number of nitrogens with zero attached hydrogens (tertiary/aromatic N) is 2. The molecule has 13 heavy (non-hydrogen) atoms. The maximum absolute atomic E-state index is 12.4. The summed E-state index contributed by atoms with van der Waals surface area (Å²) in [5, 5.41) is 8.50. The van der Waals surface area contributed by atoms with Crippen LogP contribution < -0.4 is 0 Å². The molecule has 0 radical (unpaired) electrons. The van der Waals surface area contributed by atoms with E-state index in [0.29, 0.717) is 9.26 Å². The highest BCUT2D eigenvalue weighted by atomic mass is 127. The topological polar surface area (TPSA) is 36.7 Å². The van der Waals surface area contributed by atoms with Crippen LogP contribution in [-0.2, 0) is 0 Å². The third-order valence-electron chi connectivity index (χ3n) is 1.50. The number of hydrogen-bond acceptors (Lipinski definition) is 2. The molecule has 1 aromatic heterocycles. The van der Waals surface area contributed by atoms with Crippen LogP contribution in [0.25, 0.3) is 0 Å². The van der Waals surface area contributed by atoms with E-state index in [9.17, 15) is 8.78 Å². The van der Waals surface area contributed by atoms with Crippen LogP contribution in [0.4, 0.5) is 8.78 Å². The lowest BCUT2D eigenvalue weighted by molar-refractivity contribution is 0.150. The van der Waals surface area contributed by atoms with E-state index in [0.717, 1.165) is 6.07 Å². The largest absolute Gasteiger partial charge is 0.265 e. The summed E-state index contributed by atoms with van der Waals surface area (Å²) >= 11 is 1.80. The molecule has 0 bridgehead atoms. The van der Waals surface area contributed by atoms with Crippen molar-refractivity contribution in [2.45, 2.75) is 13.3 Å². The zero-order chi connectivity index (χ0) is 10.0. The van der Waals surface area contributed by atoms with Gasteiger partial charge in [-0.25, -0.2) is 13.8 Å². The third kappa shape index (κ3) is 2.12. The molecule has 1 aromatic rings. The average Bonchev–Trinajstić information content (AvgIpc) is 2.09. The van der Waals surface area contributed by atoms with Crippen molar-refractivity contribution in [3.63, 3.8) is 0 Å². The van der Waals surface area contributed by atoms with Crippen LogP contribution in [0.1, 0.15) is 23.4 Å². The highest BCUT2D eigenvalue weighted by Gasteiger charge is 2.15. The minimum atomic E-state index is -2.55. The lowest BCUT2D eigenvalue weighted by Gasteiger charge is -2.05. The first-order chi connectivity index (χ1) is 6.06. The summed E-state index contributed by atoms with van der Waals surface area (Å²) in [6, 6.07) is 2.87. The SMILES string of the molecule is Cc1nc(C#N)cc(C(F)F)c1I. The monoisotopic (exact) mass is 294 g/mol. The number of alkyl halides is 2. The van der Waals surface area contributed by atoms with Gasteiger partial charge in [-0.2, -0.15) is 5.26 Å². The van der Waals surface area contributed by atoms with Crippen molar-refractivity contribution in [2.75, 3.05) is 0 Å². The van der Waals surface area contributed by atoms with Gasteiger partial charge in [-0.1, -0.05) is 0 Å². The molecule has 0 saturated heterocycles. The van der Waals surface area contributed by atoms with Gasteiger partial charge in [0.25, 0.3) is 6.43 Å². The summed E-state index contributed by atoms with van der Waals surface area (Å²) in [6.45, 7) is 1.61. The molecule has 0 spiro atoms. The number of pyridine rings is 1. The Hall–Kier alpha value is -0.770. The van der Waals surface area contributed by atoms with Crippen LogP contribution in [0.2, 0.25) is 0 Å². The minimum Gasteiger partial charge on any atom is -0.241 e. The van der Waals surface area contributed by atoms with Gasteiger partial charge in [0.15, 0.2) is 0 Å². The first-order valence-corrected chi connectivity index (χ1v) is 4.49. The Labute approximate surface area is 87.7 Å². The van der Waals surface area contributed by atoms with Crippen LogP contribution in [0.15, 0.2) is 6.07 Å². The predicted molar refractivity (Wildman–Crippen MR) is 51.4 cm³/mol. The molecule has 5 heteroatoms. The number of halogens is 3. The van der Waals surface area contributed by atoms with Crippen LogP contribution >= 0.6 is 22.6 Å². The second-order valence-electron chi connectivity index (χ2n) is 2.41. The fourth-order valence-corrected chi connectivity index (χ4v) is 1.41. The summed E-state index contributed by atoms with van der Waals surface area (Å²) < 4.78 is 25.2. The maximum Gasteiger partial charge on any atom is 0.265 e. The molecule has 0 unspecified atom stereocenters. The Balaban J connectivity index is 3.35. The number of aromatic nitrogens is 1. The van der Waals surface area contributed by atoms with Crippen molar-refractivity contribution in [1.82, 2.24) is 4.98 Å². The van der Waals surface area contributed by atoms with Gasteiger partial charge < -0.3 is 0 Å². The summed E-state index contributed by atoms with van der Waals surface area (Å²) in [4.78, 5) is 3.83. The second kappa shape index (κ2) is 3.96. The summed E-state index contributed by atoms with van der Waals surface area (Å²) in [7, 11) is 0. The van der Waals surface area contributed by atoms with Gasteiger partial charge in [-0.15, -0.1) is 0 Å². The van der Waals surface area contributed by atoms with Crippen molar-refractivity contribution in [3.05, 3.63) is 26.6 Å². The normalized spacial score (nSPS) is 10.2. The van der Waals surface area contributed by atoms with E-state index in [1.165, 1.54) is 0 Å². The Bertz CT molecular complexity index is 371. The molecule has 1 rings (SSSR count). The van der Waals surface area contributed by atoms with Crippen LogP contribution in [0.5, 0.6) is 0 Å². The lowest BCUT2D eigenvalue weighted by atomic mass is 10.2. The van der Waals surface area contributed by atoms with Gasteiger partial charge in [-0.05, 0) is 35.6 Å². The lowest BCUT2D eigenvalue weighted by Crippen LogP contribution is -1.98. The van der Waals surface area contributed by atoms with Crippen molar-refractivity contribution < 1.29 is 8.78 Å². The van der Waals surface area contributed by atoms with E-state index in [1.54, 1.807) is 35.6 Å². The van der Waals surface area contributed by atoms with Crippen molar-refractivity contribution >= 4 is 22.6 Å². The van der Waals surface area contributed by atoms with Crippen molar-refractivity contribution in [2.24, 2.45) is 0 Å². The highest BCUT2D eigenvalue weighted by molar-refractivity contribution is 14.1. The van der Waals surface area contributed by atoms with Gasteiger partial charge in [-0.3, -0.25) is 0 Å². The first kappa shape index (κ1) is 10.3. The molecule has 1 heterocycles. The van der Waals surface area contributed by atoms with E-state index in [-0.39, 0.29) is 11.3 Å². The Morgan fingerprint density at radius 2 is 2.23 bits per heavy atom. The van der Waals surface area contributed by atoms with E-state index < -0.39 is 6.43 Å². The molecule has 0 aliphatic carbocycles. The smallest absolute Gasteiger partial charge is 0.241 e. The van der Waals surface area contributed by atoms with Gasteiger partial charge in [0.2, 0.25) is 0 Å². The Kier molecular flexibility index (Phi) is 3.14. The average molecular weight is 294 g/mol. The van der Waals surface area contributed by atoms with E-state index in [2.05, 4.69) is 4.98 Å². The second-order valence-corrected chi connectivity index (χ2v) is 3.49. The number of nitriles is 1. The van der Waals surface area contributed by atoms with E-state index >= 15 is 0 Å². The van der Waals surface area contributed by atoms with Crippen LogP contribution in [-0.4, -0.2) is 4.98 Å². The van der Waals surface area contributed by atoms with Gasteiger partial charge in [0.05, 0.1) is 5.69 Å². The number of hydrogen-bond donors (Lipinski definition) is 0. The molecule has 2 nitrogen and oxygen atoms in total. The molecule has 0 saturated carbocycles. The molecule has 0 aliphatic heterocycles. The Morgan fingerprint density at radius 1 is 1.62 bits per heavy atom. The summed E-state index contributed by atoms with van der Waals surface area (Å²) in [6.07, 6.45) is -2.55. The first-order valence-electron chi connectivity index (χ1n) is 3.41. The maximum atomic E-state index is 12.4. The molecule has 0 N–H and O–H groups in total. The molecule has 0 amide bonds. The molecule has 0 aliphatic rings. The van der Waals surface area contributed by atoms with Gasteiger partial charge in [0.1, 0.15) is 11.8 Å². The number of aryl methyl sites for hydroxylation is 1. The molecule has 0 atom stereocenters. The summed E-state index contributed by atoms with van der Waals surface area (Å²) in [5.74, 6) is 0. The van der Waals surface area contributed by atoms with Crippen molar-refractivity contribution in [3.8, 4) is 6.07 Å². The van der Waals surface area contributed by atoms with Gasteiger partial charge >= 0.3 is 0 Å². The fourth-order valence-electron chi connectivity index (χ4n) is 0.898. The minimum absolute atomic E-state index is 0.0354. The molecule has 0 aromatic carbocycles. The van der Waals surface area contributed by atoms with E-state index in [4.69, 9.17) is 5.26 Å². The standard InChI is InChI=1S/C8H5F2IN2/c1-4-7(11)6(8(9)10)2-5(3-12)13-4/h2,8H,1H3. The molecule has 0 fully saturated rings. The van der Waals surface area contributed by atoms with Crippen molar-refractivity contribution in [1.29, 1.82) is 5.26 Å². The zero-order valence-electron chi connectivity index (χ0n) is 6.68. The highest BCUT2D eigenvalue weighted by Crippen LogP contribution is 2.26. The van der Waals surface area contributed by atoms with Gasteiger partial charge in [0, 0.05) is 9.13 Å². The predicted octanol–water partition coefficient (Wildman–Crippen LogP) is 2.80. The van der Waals surface area contributed by atoms with Crippen LogP contribution in [0, 0.1) is 21.8 Å².